The normalized spacial score (nSPS) is 14.5. The number of nitrogens with one attached hydrogen (secondary N) is 2. The summed E-state index contributed by atoms with van der Waals surface area (Å²) in [6.07, 6.45) is 33.2. The average Bonchev–Trinajstić information content (AvgIpc) is 3.84. The van der Waals surface area contributed by atoms with Crippen LogP contribution in [0.2, 0.25) is 8.45 Å². The van der Waals surface area contributed by atoms with Gasteiger partial charge in [0.2, 0.25) is 0 Å². The van der Waals surface area contributed by atoms with Gasteiger partial charge in [0.25, 0.3) is 0 Å². The fourth-order valence-electron chi connectivity index (χ4n) is 7.59. The van der Waals surface area contributed by atoms with Crippen LogP contribution in [0.1, 0.15) is 117 Å². The Morgan fingerprint density at radius 1 is 0.469 bits per heavy atom. The summed E-state index contributed by atoms with van der Waals surface area (Å²) < 4.78 is 65.2. The Hall–Kier alpha value is -2.57. The quantitative estimate of drug-likeness (QED) is 0.0643. The van der Waals surface area contributed by atoms with E-state index in [2.05, 4.69) is 24.5 Å². The van der Waals surface area contributed by atoms with E-state index in [4.69, 9.17) is 0 Å². The summed E-state index contributed by atoms with van der Waals surface area (Å²) in [6, 6.07) is 5.42. The first-order chi connectivity index (χ1) is 24.0. The van der Waals surface area contributed by atoms with Gasteiger partial charge in [-0.15, -0.1) is 0 Å². The topological polar surface area (TPSA) is 24.1 Å². The summed E-state index contributed by atoms with van der Waals surface area (Å²) >= 11 is -4.79. The standard InChI is InChI=1S/2C16H24F2N.2C5H5.Ti/c2*1-2-3-4-5-6-7-8-9-12-19-16-11-10-14(17)13-15(16)18;2*1-2-4-5-3-1;/h2*10-11,19H,2-9,12H2,1H3;2*1-5H;. The summed E-state index contributed by atoms with van der Waals surface area (Å²) in [5, 5.41) is 6.42. The van der Waals surface area contributed by atoms with Crippen molar-refractivity contribution in [1.82, 2.24) is 0 Å². The minimum atomic E-state index is -4.79. The van der Waals surface area contributed by atoms with E-state index in [1.165, 1.54) is 88.5 Å². The molecule has 2 nitrogen and oxygen atoms in total. The number of hydrogen-bond acceptors (Lipinski definition) is 2. The van der Waals surface area contributed by atoms with Gasteiger partial charge in [-0.05, 0) is 0 Å². The van der Waals surface area contributed by atoms with Gasteiger partial charge in [0, 0.05) is 0 Å². The zero-order valence-electron chi connectivity index (χ0n) is 29.8. The molecule has 49 heavy (non-hydrogen) atoms. The van der Waals surface area contributed by atoms with E-state index in [1.54, 1.807) is 0 Å². The molecule has 2 N–H and O–H groups in total. The number of allylic oxidation sites excluding steroid dienone is 8. The molecule has 0 amide bonds. The second-order valence-electron chi connectivity index (χ2n) is 13.8. The number of rotatable bonds is 24. The second kappa shape index (κ2) is 21.0. The van der Waals surface area contributed by atoms with Crippen molar-refractivity contribution in [2.24, 2.45) is 0 Å². The van der Waals surface area contributed by atoms with Gasteiger partial charge in [-0.2, -0.15) is 0 Å². The van der Waals surface area contributed by atoms with Crippen LogP contribution in [-0.2, 0) is 16.6 Å². The molecular formula is C42H58F4N2Ti. The van der Waals surface area contributed by atoms with Crippen LogP contribution in [0.4, 0.5) is 28.9 Å². The maximum atomic E-state index is 16.9. The van der Waals surface area contributed by atoms with Crippen molar-refractivity contribution in [3.63, 3.8) is 0 Å². The molecule has 0 fully saturated rings. The molecular weight excluding hydrogens is 656 g/mol. The molecule has 0 saturated heterocycles. The summed E-state index contributed by atoms with van der Waals surface area (Å²) in [6.45, 7) is 5.51. The second-order valence-corrected chi connectivity index (χ2v) is 20.2. The molecule has 2 aromatic carbocycles. The van der Waals surface area contributed by atoms with E-state index in [-0.39, 0.29) is 19.1 Å². The van der Waals surface area contributed by atoms with Gasteiger partial charge in [0.15, 0.2) is 0 Å². The van der Waals surface area contributed by atoms with Crippen LogP contribution < -0.4 is 18.4 Å². The molecule has 4 rings (SSSR count). The first-order valence-corrected chi connectivity index (χ1v) is 22.5. The maximum absolute atomic E-state index is 16.9. The monoisotopic (exact) mass is 714 g/mol. The zero-order chi connectivity index (χ0) is 34.9. The van der Waals surface area contributed by atoms with E-state index in [9.17, 15) is 0 Å². The van der Waals surface area contributed by atoms with E-state index in [0.717, 1.165) is 38.5 Å². The molecule has 0 aliphatic heterocycles. The number of benzene rings is 2. The number of halogens is 4. The Balaban J connectivity index is 1.62. The molecule has 268 valence electrons. The third-order valence-corrected chi connectivity index (χ3v) is 18.8. The summed E-state index contributed by atoms with van der Waals surface area (Å²) in [4.78, 5) is 0. The van der Waals surface area contributed by atoms with Crippen molar-refractivity contribution in [1.29, 1.82) is 0 Å². The summed E-state index contributed by atoms with van der Waals surface area (Å²) in [5.74, 6) is -2.93. The molecule has 0 aromatic heterocycles. The van der Waals surface area contributed by atoms with E-state index in [1.807, 2.05) is 48.6 Å². The molecule has 0 spiro atoms. The van der Waals surface area contributed by atoms with Crippen LogP contribution in [-0.4, -0.2) is 13.1 Å². The van der Waals surface area contributed by atoms with Gasteiger partial charge >= 0.3 is 271 Å². The predicted molar refractivity (Wildman–Crippen MR) is 198 cm³/mol. The van der Waals surface area contributed by atoms with Crippen LogP contribution >= 0.6 is 0 Å². The molecule has 2 aliphatic rings. The predicted octanol–water partition coefficient (Wildman–Crippen LogP) is 12.3. The minimum absolute atomic E-state index is 0.138. The van der Waals surface area contributed by atoms with Crippen molar-refractivity contribution < 1.29 is 34.2 Å². The molecule has 2 aromatic rings. The Morgan fingerprint density at radius 3 is 1.14 bits per heavy atom. The van der Waals surface area contributed by atoms with E-state index in [0.29, 0.717) is 13.1 Å². The third-order valence-electron chi connectivity index (χ3n) is 10.2. The van der Waals surface area contributed by atoms with Crippen molar-refractivity contribution in [2.75, 3.05) is 23.7 Å². The zero-order valence-corrected chi connectivity index (χ0v) is 31.4. The van der Waals surface area contributed by atoms with Crippen LogP contribution in [0.15, 0.2) is 72.9 Å². The first-order valence-electron chi connectivity index (χ1n) is 19.1. The number of hydrogen-bond donors (Lipinski definition) is 2. The Morgan fingerprint density at radius 2 is 0.796 bits per heavy atom. The van der Waals surface area contributed by atoms with Crippen molar-refractivity contribution >= 4 is 19.1 Å². The van der Waals surface area contributed by atoms with Crippen LogP contribution in [0.5, 0.6) is 0 Å². The fourth-order valence-corrected chi connectivity index (χ4v) is 16.4. The average molecular weight is 715 g/mol. The fraction of sp³-hybridized carbons (Fsp3) is 0.524. The Kier molecular flexibility index (Phi) is 16.8. The first kappa shape index (κ1) is 39.2. The Bertz CT molecular complexity index is 1300. The van der Waals surface area contributed by atoms with Gasteiger partial charge in [-0.25, -0.2) is 0 Å². The third kappa shape index (κ3) is 10.3. The molecule has 0 bridgehead atoms. The summed E-state index contributed by atoms with van der Waals surface area (Å²) in [7, 11) is 0. The van der Waals surface area contributed by atoms with E-state index < -0.39 is 48.3 Å². The van der Waals surface area contributed by atoms with Gasteiger partial charge in [-0.3, -0.25) is 0 Å². The SMILES string of the molecule is CCCCCCCCCCNc1ccc(F)[c]([Ti]([c]2c(F)ccc(NCCCCCCCCCC)c2F)([CH]2C=CC=C2)[CH]2C=CC=C2)c1F. The van der Waals surface area contributed by atoms with Crippen LogP contribution in [0.25, 0.3) is 0 Å². The molecule has 0 unspecified atom stereocenters. The molecule has 0 atom stereocenters. The van der Waals surface area contributed by atoms with Crippen LogP contribution in [0.3, 0.4) is 0 Å². The van der Waals surface area contributed by atoms with Crippen LogP contribution in [0, 0.1) is 23.3 Å². The van der Waals surface area contributed by atoms with Gasteiger partial charge in [0.1, 0.15) is 0 Å². The van der Waals surface area contributed by atoms with Gasteiger partial charge in [0.05, 0.1) is 0 Å². The van der Waals surface area contributed by atoms with E-state index >= 15 is 17.6 Å². The molecule has 7 heteroatoms. The van der Waals surface area contributed by atoms with Crippen molar-refractivity contribution in [2.45, 2.75) is 125 Å². The Labute approximate surface area is 297 Å². The molecule has 0 saturated carbocycles. The van der Waals surface area contributed by atoms with Crippen molar-refractivity contribution in [3.05, 3.63) is 96.1 Å². The van der Waals surface area contributed by atoms with Gasteiger partial charge in [-0.1, -0.05) is 26.7 Å². The molecule has 2 aliphatic carbocycles. The summed E-state index contributed by atoms with van der Waals surface area (Å²) in [5.41, 5.74) is 0.382. The molecule has 0 radical (unpaired) electrons. The molecule has 0 heterocycles. The number of anilines is 2. The van der Waals surface area contributed by atoms with Crippen molar-refractivity contribution in [3.8, 4) is 0 Å². The number of unbranched alkanes of at least 4 members (excludes halogenated alkanes) is 14. The van der Waals surface area contributed by atoms with Gasteiger partial charge < -0.3 is 0 Å².